The molecule has 0 bridgehead atoms. The largest absolute Gasteiger partial charge is 0.391 e. The number of carbonyl (C=O) groups is 1. The Morgan fingerprint density at radius 1 is 1.27 bits per heavy atom. The average Bonchev–Trinajstić information content (AvgIpc) is 2.53. The van der Waals surface area contributed by atoms with Crippen LogP contribution in [0.2, 0.25) is 5.02 Å². The van der Waals surface area contributed by atoms with Crippen LogP contribution < -0.4 is 11.1 Å². The molecule has 2 unspecified atom stereocenters. The van der Waals surface area contributed by atoms with Crippen LogP contribution in [0.5, 0.6) is 0 Å². The van der Waals surface area contributed by atoms with Crippen LogP contribution in [-0.4, -0.2) is 33.7 Å². The third-order valence-corrected chi connectivity index (χ3v) is 4.12. The molecule has 1 aromatic carbocycles. The smallest absolute Gasteiger partial charge is 0.253 e. The molecule has 0 aliphatic rings. The molecular weight excluding hydrogens is 350 g/mol. The van der Waals surface area contributed by atoms with Gasteiger partial charge in [0.15, 0.2) is 0 Å². The van der Waals surface area contributed by atoms with Crippen molar-refractivity contribution >= 4 is 17.5 Å². The first-order chi connectivity index (χ1) is 12.2. The minimum absolute atomic E-state index is 0.204. The quantitative estimate of drug-likeness (QED) is 0.724. The lowest BCUT2D eigenvalue weighted by molar-refractivity contribution is 0.0916. The van der Waals surface area contributed by atoms with Crippen LogP contribution in [0.3, 0.4) is 0 Å². The van der Waals surface area contributed by atoms with Crippen molar-refractivity contribution in [3.63, 3.8) is 0 Å². The van der Waals surface area contributed by atoms with E-state index in [0.29, 0.717) is 22.7 Å². The van der Waals surface area contributed by atoms with E-state index in [1.807, 2.05) is 39.0 Å². The van der Waals surface area contributed by atoms with Crippen LogP contribution in [0.15, 0.2) is 42.6 Å². The van der Waals surface area contributed by atoms with E-state index in [4.69, 9.17) is 17.3 Å². The molecule has 2 atom stereocenters. The Morgan fingerprint density at radius 2 is 2.00 bits per heavy atom. The van der Waals surface area contributed by atoms with E-state index in [2.05, 4.69) is 10.3 Å². The van der Waals surface area contributed by atoms with Crippen LogP contribution in [0, 0.1) is 0 Å². The second-order valence-electron chi connectivity index (χ2n) is 7.47. The Kier molecular flexibility index (Phi) is 6.75. The summed E-state index contributed by atoms with van der Waals surface area (Å²) in [5.74, 6) is -0.212. The summed E-state index contributed by atoms with van der Waals surface area (Å²) in [6.07, 6.45) is 1.47. The topological polar surface area (TPSA) is 88.2 Å². The summed E-state index contributed by atoms with van der Waals surface area (Å²) < 4.78 is 0. The molecule has 0 radical (unpaired) electrons. The Morgan fingerprint density at radius 3 is 2.65 bits per heavy atom. The number of hydrogen-bond acceptors (Lipinski definition) is 4. The van der Waals surface area contributed by atoms with Crippen LogP contribution >= 0.6 is 11.6 Å². The molecule has 0 saturated carbocycles. The van der Waals surface area contributed by atoms with Gasteiger partial charge in [-0.15, -0.1) is 0 Å². The lowest BCUT2D eigenvalue weighted by atomic mass is 9.97. The van der Waals surface area contributed by atoms with Gasteiger partial charge in [0, 0.05) is 29.2 Å². The highest BCUT2D eigenvalue weighted by Gasteiger charge is 2.22. The van der Waals surface area contributed by atoms with Crippen LogP contribution in [0.25, 0.3) is 0 Å². The zero-order valence-corrected chi connectivity index (χ0v) is 16.1. The van der Waals surface area contributed by atoms with Gasteiger partial charge in [-0.3, -0.25) is 9.78 Å². The third kappa shape index (κ3) is 6.09. The van der Waals surface area contributed by atoms with E-state index in [9.17, 15) is 9.90 Å². The van der Waals surface area contributed by atoms with E-state index in [0.717, 1.165) is 5.56 Å². The van der Waals surface area contributed by atoms with Crippen molar-refractivity contribution in [2.24, 2.45) is 5.73 Å². The van der Waals surface area contributed by atoms with Gasteiger partial charge < -0.3 is 16.2 Å². The SMILES string of the molecule is CC(C)(C)NC(=O)c1cccnc1CC(O)C(N)Cc1cccc(Cl)c1. The van der Waals surface area contributed by atoms with E-state index >= 15 is 0 Å². The summed E-state index contributed by atoms with van der Waals surface area (Å²) in [5.41, 5.74) is 7.74. The number of nitrogens with one attached hydrogen (secondary N) is 1. The van der Waals surface area contributed by atoms with Gasteiger partial charge in [-0.1, -0.05) is 23.7 Å². The minimum Gasteiger partial charge on any atom is -0.391 e. The lowest BCUT2D eigenvalue weighted by Crippen LogP contribution is -2.42. The van der Waals surface area contributed by atoms with Crippen molar-refractivity contribution in [1.29, 1.82) is 0 Å². The number of nitrogens with two attached hydrogens (primary N) is 1. The number of pyridine rings is 1. The molecular formula is C20H26ClN3O2. The molecule has 0 saturated heterocycles. The number of rotatable bonds is 6. The highest BCUT2D eigenvalue weighted by atomic mass is 35.5. The first-order valence-corrected chi connectivity index (χ1v) is 8.98. The zero-order valence-electron chi connectivity index (χ0n) is 15.4. The maximum atomic E-state index is 12.5. The van der Waals surface area contributed by atoms with Gasteiger partial charge in [-0.25, -0.2) is 0 Å². The second kappa shape index (κ2) is 8.62. The first-order valence-electron chi connectivity index (χ1n) is 8.60. The number of carbonyl (C=O) groups excluding carboxylic acids is 1. The van der Waals surface area contributed by atoms with E-state index in [1.54, 1.807) is 24.4 Å². The monoisotopic (exact) mass is 375 g/mol. The third-order valence-electron chi connectivity index (χ3n) is 3.88. The molecule has 0 spiro atoms. The number of amides is 1. The van der Waals surface area contributed by atoms with Crippen molar-refractivity contribution < 1.29 is 9.90 Å². The standard InChI is InChI=1S/C20H26ClN3O2/c1-20(2,3)24-19(26)15-8-5-9-23-17(15)12-18(25)16(22)11-13-6-4-7-14(21)10-13/h4-10,16,18,25H,11-12,22H2,1-3H3,(H,24,26). The summed E-state index contributed by atoms with van der Waals surface area (Å²) in [4.78, 5) is 16.8. The van der Waals surface area contributed by atoms with Crippen molar-refractivity contribution in [2.75, 3.05) is 0 Å². The van der Waals surface area contributed by atoms with Gasteiger partial charge in [-0.2, -0.15) is 0 Å². The van der Waals surface area contributed by atoms with Gasteiger partial charge >= 0.3 is 0 Å². The van der Waals surface area contributed by atoms with Crippen molar-refractivity contribution in [2.45, 2.75) is 51.3 Å². The number of aromatic nitrogens is 1. The molecule has 26 heavy (non-hydrogen) atoms. The number of benzene rings is 1. The minimum atomic E-state index is -0.829. The molecule has 1 aromatic heterocycles. The van der Waals surface area contributed by atoms with Crippen LogP contribution in [0.1, 0.15) is 42.4 Å². The van der Waals surface area contributed by atoms with Crippen molar-refractivity contribution in [3.8, 4) is 0 Å². The number of hydrogen-bond donors (Lipinski definition) is 3. The second-order valence-corrected chi connectivity index (χ2v) is 7.91. The van der Waals surface area contributed by atoms with Crippen molar-refractivity contribution in [1.82, 2.24) is 10.3 Å². The highest BCUT2D eigenvalue weighted by Crippen LogP contribution is 2.15. The number of halogens is 1. The zero-order chi connectivity index (χ0) is 19.3. The summed E-state index contributed by atoms with van der Waals surface area (Å²) >= 11 is 5.99. The lowest BCUT2D eigenvalue weighted by Gasteiger charge is -2.23. The number of aliphatic hydroxyl groups excluding tert-OH is 1. The Balaban J connectivity index is 2.08. The van der Waals surface area contributed by atoms with Gasteiger partial charge in [0.1, 0.15) is 0 Å². The predicted molar refractivity (Wildman–Crippen MR) is 104 cm³/mol. The van der Waals surface area contributed by atoms with Gasteiger partial charge in [0.2, 0.25) is 0 Å². The fourth-order valence-electron chi connectivity index (χ4n) is 2.64. The summed E-state index contributed by atoms with van der Waals surface area (Å²) in [5, 5.41) is 14.1. The molecule has 0 aliphatic carbocycles. The Bertz CT molecular complexity index is 759. The van der Waals surface area contributed by atoms with E-state index in [-0.39, 0.29) is 17.9 Å². The molecule has 4 N–H and O–H groups in total. The molecule has 1 heterocycles. The molecule has 2 aromatic rings. The first kappa shape index (κ1) is 20.4. The Hall–Kier alpha value is -1.95. The van der Waals surface area contributed by atoms with Crippen LogP contribution in [-0.2, 0) is 12.8 Å². The van der Waals surface area contributed by atoms with Gasteiger partial charge in [0.25, 0.3) is 5.91 Å². The molecule has 2 rings (SSSR count). The van der Waals surface area contributed by atoms with E-state index < -0.39 is 12.1 Å². The summed E-state index contributed by atoms with van der Waals surface area (Å²) in [6.45, 7) is 5.74. The maximum absolute atomic E-state index is 12.5. The molecule has 6 heteroatoms. The molecule has 5 nitrogen and oxygen atoms in total. The van der Waals surface area contributed by atoms with Gasteiger partial charge in [0.05, 0.1) is 17.4 Å². The van der Waals surface area contributed by atoms with Crippen LogP contribution in [0.4, 0.5) is 0 Å². The fourth-order valence-corrected chi connectivity index (χ4v) is 2.85. The van der Waals surface area contributed by atoms with Crippen molar-refractivity contribution in [3.05, 3.63) is 64.4 Å². The summed E-state index contributed by atoms with van der Waals surface area (Å²) in [6, 6.07) is 10.3. The highest BCUT2D eigenvalue weighted by molar-refractivity contribution is 6.30. The predicted octanol–water partition coefficient (Wildman–Crippen LogP) is 2.74. The van der Waals surface area contributed by atoms with Gasteiger partial charge in [-0.05, 0) is 57.0 Å². The molecule has 1 amide bonds. The fraction of sp³-hybridized carbons (Fsp3) is 0.400. The Labute approximate surface area is 159 Å². The molecule has 0 aliphatic heterocycles. The molecule has 140 valence electrons. The number of nitrogens with zero attached hydrogens (tertiary/aromatic N) is 1. The normalized spacial score (nSPS) is 13.9. The number of aliphatic hydroxyl groups is 1. The summed E-state index contributed by atoms with van der Waals surface area (Å²) in [7, 11) is 0. The average molecular weight is 376 g/mol. The van der Waals surface area contributed by atoms with E-state index in [1.165, 1.54) is 0 Å². The maximum Gasteiger partial charge on any atom is 0.253 e. The molecule has 0 fully saturated rings.